The van der Waals surface area contributed by atoms with Crippen molar-refractivity contribution in [1.29, 1.82) is 0 Å². The Hall–Kier alpha value is -1.28. The highest BCUT2D eigenvalue weighted by Gasteiger charge is 2.01. The third-order valence-electron chi connectivity index (χ3n) is 1.72. The Morgan fingerprint density at radius 1 is 1.50 bits per heavy atom. The molecule has 0 spiro atoms. The smallest absolute Gasteiger partial charge is 0.153 e. The van der Waals surface area contributed by atoms with Crippen molar-refractivity contribution in [2.45, 2.75) is 6.92 Å². The molecule has 0 fully saturated rings. The summed E-state index contributed by atoms with van der Waals surface area (Å²) < 4.78 is 5.32. The Bertz CT molecular complexity index is 345. The van der Waals surface area contributed by atoms with Crippen molar-refractivity contribution in [1.82, 2.24) is 0 Å². The van der Waals surface area contributed by atoms with Crippen molar-refractivity contribution in [3.05, 3.63) is 40.9 Å². The minimum absolute atomic E-state index is 0.368. The van der Waals surface area contributed by atoms with Crippen LogP contribution in [0.5, 0.6) is 5.75 Å². The lowest BCUT2D eigenvalue weighted by Crippen LogP contribution is -1.97. The van der Waals surface area contributed by atoms with Gasteiger partial charge in [0.15, 0.2) is 6.29 Å². The molecule has 0 unspecified atom stereocenters. The maximum absolute atomic E-state index is 10.7. The average Bonchev–Trinajstić information content (AvgIpc) is 2.20. The SMILES string of the molecule is Cc1ccc(OCC=CCl)c(C=O)c1. The predicted octanol–water partition coefficient (Wildman–Crippen LogP) is 2.94. The Balaban J connectivity index is 2.80. The molecule has 2 nitrogen and oxygen atoms in total. The van der Waals surface area contributed by atoms with Gasteiger partial charge in [-0.2, -0.15) is 0 Å². The normalized spacial score (nSPS) is 10.4. The Morgan fingerprint density at radius 2 is 2.29 bits per heavy atom. The fraction of sp³-hybridized carbons (Fsp3) is 0.182. The molecular weight excluding hydrogens is 200 g/mol. The van der Waals surface area contributed by atoms with Gasteiger partial charge in [0.05, 0.1) is 5.56 Å². The van der Waals surface area contributed by atoms with Crippen LogP contribution in [0, 0.1) is 6.92 Å². The predicted molar refractivity (Wildman–Crippen MR) is 57.1 cm³/mol. The van der Waals surface area contributed by atoms with E-state index in [9.17, 15) is 4.79 Å². The van der Waals surface area contributed by atoms with Gasteiger partial charge in [-0.05, 0) is 25.1 Å². The molecule has 0 aromatic heterocycles. The van der Waals surface area contributed by atoms with E-state index in [1.54, 1.807) is 18.2 Å². The number of carbonyl (C=O) groups excluding carboxylic acids is 1. The fourth-order valence-electron chi connectivity index (χ4n) is 1.07. The van der Waals surface area contributed by atoms with Gasteiger partial charge in [0, 0.05) is 5.54 Å². The number of hydrogen-bond donors (Lipinski definition) is 0. The van der Waals surface area contributed by atoms with Crippen LogP contribution in [0.2, 0.25) is 0 Å². The minimum atomic E-state index is 0.368. The first-order valence-electron chi connectivity index (χ1n) is 4.22. The van der Waals surface area contributed by atoms with Crippen LogP contribution in [-0.2, 0) is 0 Å². The van der Waals surface area contributed by atoms with Crippen molar-refractivity contribution in [3.8, 4) is 5.75 Å². The maximum Gasteiger partial charge on any atom is 0.153 e. The number of aryl methyl sites for hydroxylation is 1. The monoisotopic (exact) mass is 210 g/mol. The fourth-order valence-corrected chi connectivity index (χ4v) is 1.14. The number of ether oxygens (including phenoxy) is 1. The van der Waals surface area contributed by atoms with Gasteiger partial charge >= 0.3 is 0 Å². The summed E-state index contributed by atoms with van der Waals surface area (Å²) in [5, 5.41) is 0. The van der Waals surface area contributed by atoms with Crippen molar-refractivity contribution in [2.24, 2.45) is 0 Å². The molecule has 0 saturated heterocycles. The third kappa shape index (κ3) is 2.89. The zero-order valence-electron chi connectivity index (χ0n) is 7.87. The first-order valence-corrected chi connectivity index (χ1v) is 4.65. The molecule has 74 valence electrons. The number of halogens is 1. The highest BCUT2D eigenvalue weighted by Crippen LogP contribution is 2.17. The van der Waals surface area contributed by atoms with Gasteiger partial charge < -0.3 is 4.74 Å². The molecule has 0 aliphatic rings. The van der Waals surface area contributed by atoms with E-state index in [0.717, 1.165) is 11.8 Å². The van der Waals surface area contributed by atoms with Crippen molar-refractivity contribution in [3.63, 3.8) is 0 Å². The molecule has 14 heavy (non-hydrogen) atoms. The van der Waals surface area contributed by atoms with Gasteiger partial charge in [-0.25, -0.2) is 0 Å². The van der Waals surface area contributed by atoms with E-state index in [1.807, 2.05) is 13.0 Å². The summed E-state index contributed by atoms with van der Waals surface area (Å²) in [6.45, 7) is 2.29. The zero-order valence-corrected chi connectivity index (χ0v) is 8.62. The second-order valence-electron chi connectivity index (χ2n) is 2.83. The van der Waals surface area contributed by atoms with Crippen LogP contribution < -0.4 is 4.74 Å². The van der Waals surface area contributed by atoms with Crippen LogP contribution in [0.15, 0.2) is 29.8 Å². The summed E-state index contributed by atoms with van der Waals surface area (Å²) in [4.78, 5) is 10.7. The lowest BCUT2D eigenvalue weighted by Gasteiger charge is -2.06. The summed E-state index contributed by atoms with van der Waals surface area (Å²) in [7, 11) is 0. The number of aldehydes is 1. The molecular formula is C11H11ClO2. The van der Waals surface area contributed by atoms with E-state index in [4.69, 9.17) is 16.3 Å². The van der Waals surface area contributed by atoms with Crippen LogP contribution in [0.4, 0.5) is 0 Å². The van der Waals surface area contributed by atoms with Gasteiger partial charge in [-0.1, -0.05) is 23.2 Å². The van der Waals surface area contributed by atoms with E-state index in [0.29, 0.717) is 17.9 Å². The summed E-state index contributed by atoms with van der Waals surface area (Å²) in [5.41, 5.74) is 2.98. The number of rotatable bonds is 4. The van der Waals surface area contributed by atoms with E-state index in [2.05, 4.69) is 0 Å². The molecule has 0 atom stereocenters. The van der Waals surface area contributed by atoms with E-state index in [1.165, 1.54) is 5.54 Å². The molecule has 1 aromatic carbocycles. The van der Waals surface area contributed by atoms with Gasteiger partial charge in [0.2, 0.25) is 0 Å². The summed E-state index contributed by atoms with van der Waals surface area (Å²) in [6, 6.07) is 5.46. The third-order valence-corrected chi connectivity index (χ3v) is 1.89. The summed E-state index contributed by atoms with van der Waals surface area (Å²) >= 11 is 5.34. The zero-order chi connectivity index (χ0) is 10.4. The molecule has 1 aromatic rings. The number of benzene rings is 1. The molecule has 0 N–H and O–H groups in total. The Kier molecular flexibility index (Phi) is 4.20. The highest BCUT2D eigenvalue weighted by atomic mass is 35.5. The molecule has 0 aliphatic carbocycles. The lowest BCUT2D eigenvalue weighted by molar-refractivity contribution is 0.112. The second kappa shape index (κ2) is 5.45. The van der Waals surface area contributed by atoms with Gasteiger partial charge in [-0.15, -0.1) is 0 Å². The molecule has 0 amide bonds. The lowest BCUT2D eigenvalue weighted by atomic mass is 10.1. The van der Waals surface area contributed by atoms with Crippen molar-refractivity contribution in [2.75, 3.05) is 6.61 Å². The summed E-state index contributed by atoms with van der Waals surface area (Å²) in [5.74, 6) is 0.584. The quantitative estimate of drug-likeness (QED) is 0.715. The number of hydrogen-bond acceptors (Lipinski definition) is 2. The van der Waals surface area contributed by atoms with E-state index >= 15 is 0 Å². The van der Waals surface area contributed by atoms with Gasteiger partial charge in [-0.3, -0.25) is 4.79 Å². The van der Waals surface area contributed by atoms with Gasteiger partial charge in [0.25, 0.3) is 0 Å². The Labute approximate surface area is 88.1 Å². The van der Waals surface area contributed by atoms with Crippen molar-refractivity contribution >= 4 is 17.9 Å². The first-order chi connectivity index (χ1) is 6.77. The molecule has 0 aliphatic heterocycles. The first kappa shape index (κ1) is 10.8. The summed E-state index contributed by atoms with van der Waals surface area (Å²) in [6.07, 6.45) is 2.45. The standard InChI is InChI=1S/C11H11ClO2/c1-9-3-4-11(10(7-9)8-13)14-6-2-5-12/h2-5,7-8H,6H2,1H3. The van der Waals surface area contributed by atoms with Crippen molar-refractivity contribution < 1.29 is 9.53 Å². The topological polar surface area (TPSA) is 26.3 Å². The molecule has 0 radical (unpaired) electrons. The average molecular weight is 211 g/mol. The second-order valence-corrected chi connectivity index (χ2v) is 3.08. The van der Waals surface area contributed by atoms with E-state index in [-0.39, 0.29) is 0 Å². The van der Waals surface area contributed by atoms with Crippen LogP contribution in [0.1, 0.15) is 15.9 Å². The van der Waals surface area contributed by atoms with Crippen LogP contribution >= 0.6 is 11.6 Å². The number of carbonyl (C=O) groups is 1. The van der Waals surface area contributed by atoms with Crippen LogP contribution in [-0.4, -0.2) is 12.9 Å². The maximum atomic E-state index is 10.7. The molecule has 0 heterocycles. The molecule has 3 heteroatoms. The largest absolute Gasteiger partial charge is 0.489 e. The van der Waals surface area contributed by atoms with Crippen LogP contribution in [0.25, 0.3) is 0 Å². The molecule has 1 rings (SSSR count). The highest BCUT2D eigenvalue weighted by molar-refractivity contribution is 6.25. The van der Waals surface area contributed by atoms with Gasteiger partial charge in [0.1, 0.15) is 12.4 Å². The van der Waals surface area contributed by atoms with E-state index < -0.39 is 0 Å². The minimum Gasteiger partial charge on any atom is -0.489 e. The molecule has 0 bridgehead atoms. The Morgan fingerprint density at radius 3 is 2.93 bits per heavy atom. The van der Waals surface area contributed by atoms with Crippen LogP contribution in [0.3, 0.4) is 0 Å². The molecule has 0 saturated carbocycles.